The van der Waals surface area contributed by atoms with Gasteiger partial charge in [-0.2, -0.15) is 0 Å². The lowest BCUT2D eigenvalue weighted by molar-refractivity contribution is 0.00865. The van der Waals surface area contributed by atoms with E-state index >= 15 is 0 Å². The molecule has 1 aromatic carbocycles. The maximum absolute atomic E-state index is 12.3. The lowest BCUT2D eigenvalue weighted by Gasteiger charge is -2.32. The molecule has 19 heavy (non-hydrogen) atoms. The molecule has 7 heteroatoms. The molecule has 0 spiro atoms. The fourth-order valence-corrected chi connectivity index (χ4v) is 2.35. The SMILES string of the molecule is NC(=S)C1CN(C(=O)c2ccc(Br)cc2O)CCO1. The van der Waals surface area contributed by atoms with Gasteiger partial charge in [0.1, 0.15) is 16.8 Å². The van der Waals surface area contributed by atoms with Gasteiger partial charge < -0.3 is 20.5 Å². The van der Waals surface area contributed by atoms with Crippen LogP contribution in [0.15, 0.2) is 22.7 Å². The summed E-state index contributed by atoms with van der Waals surface area (Å²) in [4.78, 5) is 14.1. The highest BCUT2D eigenvalue weighted by atomic mass is 79.9. The van der Waals surface area contributed by atoms with Crippen LogP contribution in [0.5, 0.6) is 5.75 Å². The maximum Gasteiger partial charge on any atom is 0.257 e. The van der Waals surface area contributed by atoms with Crippen molar-refractivity contribution in [1.29, 1.82) is 0 Å². The zero-order chi connectivity index (χ0) is 14.0. The van der Waals surface area contributed by atoms with Crippen molar-refractivity contribution >= 4 is 39.0 Å². The summed E-state index contributed by atoms with van der Waals surface area (Å²) < 4.78 is 6.09. The second-order valence-corrected chi connectivity index (χ2v) is 5.56. The number of hydrogen-bond donors (Lipinski definition) is 2. The Morgan fingerprint density at radius 3 is 2.95 bits per heavy atom. The Bertz CT molecular complexity index is 524. The number of morpholine rings is 1. The first kappa shape index (κ1) is 14.2. The normalized spacial score (nSPS) is 19.2. The molecule has 0 saturated carbocycles. The third kappa shape index (κ3) is 3.23. The Balaban J connectivity index is 2.17. The molecule has 1 saturated heterocycles. The molecule has 0 aliphatic carbocycles. The summed E-state index contributed by atoms with van der Waals surface area (Å²) in [7, 11) is 0. The van der Waals surface area contributed by atoms with Gasteiger partial charge in [-0.05, 0) is 18.2 Å². The highest BCUT2D eigenvalue weighted by molar-refractivity contribution is 9.10. The molecule has 1 fully saturated rings. The van der Waals surface area contributed by atoms with E-state index in [-0.39, 0.29) is 22.2 Å². The van der Waals surface area contributed by atoms with Gasteiger partial charge in [-0.15, -0.1) is 0 Å². The van der Waals surface area contributed by atoms with E-state index in [9.17, 15) is 9.90 Å². The van der Waals surface area contributed by atoms with E-state index in [1.807, 2.05) is 0 Å². The number of thiocarbonyl (C=S) groups is 1. The molecule has 1 aromatic rings. The molecule has 1 amide bonds. The van der Waals surface area contributed by atoms with Crippen LogP contribution in [0.4, 0.5) is 0 Å². The van der Waals surface area contributed by atoms with Gasteiger partial charge in [-0.3, -0.25) is 4.79 Å². The number of aromatic hydroxyl groups is 1. The second kappa shape index (κ2) is 5.85. The van der Waals surface area contributed by atoms with Gasteiger partial charge in [0, 0.05) is 11.0 Å². The zero-order valence-corrected chi connectivity index (χ0v) is 12.4. The van der Waals surface area contributed by atoms with E-state index in [0.717, 1.165) is 0 Å². The largest absolute Gasteiger partial charge is 0.507 e. The number of phenolic OH excluding ortho intramolecular Hbond substituents is 1. The van der Waals surface area contributed by atoms with Crippen LogP contribution in [0.25, 0.3) is 0 Å². The van der Waals surface area contributed by atoms with Crippen LogP contribution in [0, 0.1) is 0 Å². The van der Waals surface area contributed by atoms with E-state index in [0.29, 0.717) is 24.2 Å². The Morgan fingerprint density at radius 2 is 2.32 bits per heavy atom. The molecule has 1 atom stereocenters. The minimum atomic E-state index is -0.426. The summed E-state index contributed by atoms with van der Waals surface area (Å²) >= 11 is 8.11. The van der Waals surface area contributed by atoms with Crippen molar-refractivity contribution in [2.24, 2.45) is 5.73 Å². The van der Waals surface area contributed by atoms with Crippen LogP contribution in [0.3, 0.4) is 0 Å². The highest BCUT2D eigenvalue weighted by Crippen LogP contribution is 2.24. The van der Waals surface area contributed by atoms with Crippen LogP contribution in [-0.4, -0.2) is 46.7 Å². The fraction of sp³-hybridized carbons (Fsp3) is 0.333. The number of nitrogens with zero attached hydrogens (tertiary/aromatic N) is 1. The van der Waals surface area contributed by atoms with Crippen LogP contribution in [0.2, 0.25) is 0 Å². The van der Waals surface area contributed by atoms with Gasteiger partial charge in [-0.1, -0.05) is 28.1 Å². The Morgan fingerprint density at radius 1 is 1.58 bits per heavy atom. The molecule has 0 bridgehead atoms. The number of carbonyl (C=O) groups is 1. The fourth-order valence-electron chi connectivity index (χ4n) is 1.86. The number of rotatable bonds is 2. The lowest BCUT2D eigenvalue weighted by atomic mass is 10.1. The molecule has 5 nitrogen and oxygen atoms in total. The molecular formula is C12H13BrN2O3S. The number of amides is 1. The van der Waals surface area contributed by atoms with Gasteiger partial charge in [0.05, 0.1) is 18.7 Å². The molecule has 1 heterocycles. The smallest absolute Gasteiger partial charge is 0.257 e. The number of benzene rings is 1. The van der Waals surface area contributed by atoms with Crippen molar-refractivity contribution in [1.82, 2.24) is 4.90 Å². The van der Waals surface area contributed by atoms with E-state index < -0.39 is 6.10 Å². The Hall–Kier alpha value is -1.18. The zero-order valence-electron chi connectivity index (χ0n) is 10.0. The van der Waals surface area contributed by atoms with E-state index in [2.05, 4.69) is 15.9 Å². The summed E-state index contributed by atoms with van der Waals surface area (Å²) in [5.74, 6) is -0.313. The van der Waals surface area contributed by atoms with Crippen LogP contribution in [-0.2, 0) is 4.74 Å². The quantitative estimate of drug-likeness (QED) is 0.790. The van der Waals surface area contributed by atoms with Gasteiger partial charge in [0.2, 0.25) is 0 Å². The Kier molecular flexibility index (Phi) is 4.38. The predicted octanol–water partition coefficient (Wildman–Crippen LogP) is 1.28. The first-order chi connectivity index (χ1) is 8.99. The standard InChI is InChI=1S/C12H13BrN2O3S/c13-7-1-2-8(9(16)5-7)12(17)15-3-4-18-10(6-15)11(14)19/h1-2,5,10,16H,3-4,6H2,(H2,14,19). The molecule has 102 valence electrons. The van der Waals surface area contributed by atoms with Gasteiger partial charge >= 0.3 is 0 Å². The molecular weight excluding hydrogens is 332 g/mol. The first-order valence-electron chi connectivity index (χ1n) is 5.67. The van der Waals surface area contributed by atoms with E-state index in [1.165, 1.54) is 6.07 Å². The number of ether oxygens (including phenoxy) is 1. The topological polar surface area (TPSA) is 75.8 Å². The van der Waals surface area contributed by atoms with Crippen LogP contribution in [0.1, 0.15) is 10.4 Å². The number of hydrogen-bond acceptors (Lipinski definition) is 4. The number of phenols is 1. The molecule has 1 aliphatic heterocycles. The first-order valence-corrected chi connectivity index (χ1v) is 6.88. The number of carbonyl (C=O) groups excluding carboxylic acids is 1. The molecule has 2 rings (SSSR count). The summed E-state index contributed by atoms with van der Waals surface area (Å²) in [6, 6.07) is 4.77. The van der Waals surface area contributed by atoms with Crippen molar-refractivity contribution in [3.8, 4) is 5.75 Å². The van der Waals surface area contributed by atoms with Crippen LogP contribution < -0.4 is 5.73 Å². The second-order valence-electron chi connectivity index (χ2n) is 4.17. The number of halogens is 1. The van der Waals surface area contributed by atoms with E-state index in [4.69, 9.17) is 22.7 Å². The van der Waals surface area contributed by atoms with Crippen molar-refractivity contribution < 1.29 is 14.6 Å². The van der Waals surface area contributed by atoms with Crippen molar-refractivity contribution in [3.05, 3.63) is 28.2 Å². The van der Waals surface area contributed by atoms with E-state index in [1.54, 1.807) is 17.0 Å². The maximum atomic E-state index is 12.3. The Labute approximate surface area is 124 Å². The molecule has 0 aromatic heterocycles. The average Bonchev–Trinajstić information content (AvgIpc) is 2.38. The van der Waals surface area contributed by atoms with Crippen molar-refractivity contribution in [2.45, 2.75) is 6.10 Å². The molecule has 1 unspecified atom stereocenters. The molecule has 0 radical (unpaired) electrons. The van der Waals surface area contributed by atoms with Gasteiger partial charge in [0.15, 0.2) is 0 Å². The minimum Gasteiger partial charge on any atom is -0.507 e. The highest BCUT2D eigenvalue weighted by Gasteiger charge is 2.27. The van der Waals surface area contributed by atoms with Crippen molar-refractivity contribution in [2.75, 3.05) is 19.7 Å². The lowest BCUT2D eigenvalue weighted by Crippen LogP contribution is -2.49. The average molecular weight is 345 g/mol. The summed E-state index contributed by atoms with van der Waals surface area (Å²) in [6.45, 7) is 1.14. The third-order valence-electron chi connectivity index (χ3n) is 2.86. The molecule has 1 aliphatic rings. The number of nitrogens with two attached hydrogens (primary N) is 1. The predicted molar refractivity (Wildman–Crippen MR) is 78.2 cm³/mol. The van der Waals surface area contributed by atoms with Crippen LogP contribution >= 0.6 is 28.1 Å². The van der Waals surface area contributed by atoms with Crippen molar-refractivity contribution in [3.63, 3.8) is 0 Å². The van der Waals surface area contributed by atoms with Gasteiger partial charge in [0.25, 0.3) is 5.91 Å². The summed E-state index contributed by atoms with van der Waals surface area (Å²) in [5, 5.41) is 9.81. The van der Waals surface area contributed by atoms with Gasteiger partial charge in [-0.25, -0.2) is 0 Å². The monoisotopic (exact) mass is 344 g/mol. The summed E-state index contributed by atoms with van der Waals surface area (Å²) in [6.07, 6.45) is -0.426. The minimum absolute atomic E-state index is 0.0576. The third-order valence-corrected chi connectivity index (χ3v) is 3.62. The summed E-state index contributed by atoms with van der Waals surface area (Å²) in [5.41, 5.74) is 5.79. The molecule has 3 N–H and O–H groups in total.